The topological polar surface area (TPSA) is 91.7 Å². The van der Waals surface area contributed by atoms with Crippen LogP contribution in [0.1, 0.15) is 32.6 Å². The van der Waals surface area contributed by atoms with Crippen molar-refractivity contribution >= 4 is 19.7 Å². The van der Waals surface area contributed by atoms with Gasteiger partial charge in [0.1, 0.15) is 6.54 Å². The monoisotopic (exact) mass is 333 g/mol. The van der Waals surface area contributed by atoms with Gasteiger partial charge in [-0.1, -0.05) is 17.9 Å². The Labute approximate surface area is 133 Å². The summed E-state index contributed by atoms with van der Waals surface area (Å²) in [7, 11) is 4.48. The van der Waals surface area contributed by atoms with E-state index in [0.29, 0.717) is 17.1 Å². The number of rotatable bonds is 11. The third-order valence-corrected chi connectivity index (χ3v) is 4.71. The van der Waals surface area contributed by atoms with Gasteiger partial charge in [0.05, 0.1) is 26.7 Å². The Morgan fingerprint density at radius 1 is 0.955 bits per heavy atom. The molecular weight excluding hydrogens is 305 g/mol. The highest BCUT2D eigenvalue weighted by Crippen LogP contribution is 2.26. The molecule has 7 heteroatoms. The van der Waals surface area contributed by atoms with Crippen molar-refractivity contribution < 1.29 is 28.9 Å². The Morgan fingerprint density at radius 3 is 1.86 bits per heavy atom. The molecule has 1 atom stereocenters. The number of carboxylic acid groups (broad SMARTS) is 2. The van der Waals surface area contributed by atoms with E-state index in [2.05, 4.69) is 0 Å². The van der Waals surface area contributed by atoms with E-state index in [4.69, 9.17) is 0 Å². The average molecular weight is 333 g/mol. The number of unbranched alkanes of at least 4 members (excludes halogenated alkanes) is 1. The maximum absolute atomic E-state index is 12.0. The van der Waals surface area contributed by atoms with Gasteiger partial charge in [-0.2, -0.15) is 0 Å². The number of aliphatic carboxylic acids is 2. The second-order valence-electron chi connectivity index (χ2n) is 6.36. The predicted molar refractivity (Wildman–Crippen MR) is 86.7 cm³/mol. The summed E-state index contributed by atoms with van der Waals surface area (Å²) in [6.07, 6.45) is 2.45. The van der Waals surface area contributed by atoms with Gasteiger partial charge in [0.15, 0.2) is 12.3 Å². The van der Waals surface area contributed by atoms with Gasteiger partial charge >= 0.3 is 19.7 Å². The molecular formula is C15H28NO5P+2. The fourth-order valence-corrected chi connectivity index (χ4v) is 3.41. The lowest BCUT2D eigenvalue weighted by Gasteiger charge is -2.21. The number of hydrogen-bond acceptors (Lipinski definition) is 3. The molecule has 0 spiro atoms. The molecule has 0 aromatic rings. The lowest BCUT2D eigenvalue weighted by molar-refractivity contribution is -0.867. The Morgan fingerprint density at radius 2 is 1.45 bits per heavy atom. The molecule has 126 valence electrons. The quantitative estimate of drug-likeness (QED) is 0.344. The molecule has 0 aliphatic carbocycles. The molecule has 0 radical (unpaired) electrons. The minimum atomic E-state index is -1.52. The van der Waals surface area contributed by atoms with Gasteiger partial charge in [0.25, 0.3) is 0 Å². The summed E-state index contributed by atoms with van der Waals surface area (Å²) < 4.78 is 12.7. The zero-order chi connectivity index (χ0) is 17.3. The van der Waals surface area contributed by atoms with Crippen LogP contribution in [-0.2, 0) is 14.2 Å². The van der Waals surface area contributed by atoms with Crippen LogP contribution in [0, 0.1) is 0 Å². The van der Waals surface area contributed by atoms with Crippen LogP contribution in [0.25, 0.3) is 0 Å². The van der Waals surface area contributed by atoms with Crippen LogP contribution in [0.4, 0.5) is 0 Å². The molecule has 0 saturated carbocycles. The molecule has 1 unspecified atom stereocenters. The molecule has 6 nitrogen and oxygen atoms in total. The van der Waals surface area contributed by atoms with Gasteiger partial charge in [0, 0.05) is 12.0 Å². The summed E-state index contributed by atoms with van der Waals surface area (Å²) in [4.78, 5) is 22.6. The van der Waals surface area contributed by atoms with E-state index in [1.54, 1.807) is 0 Å². The molecule has 0 rings (SSSR count). The average Bonchev–Trinajstić information content (AvgIpc) is 2.38. The van der Waals surface area contributed by atoms with E-state index >= 15 is 0 Å². The molecule has 0 amide bonds. The summed E-state index contributed by atoms with van der Waals surface area (Å²) in [6, 6.07) is 0. The summed E-state index contributed by atoms with van der Waals surface area (Å²) in [6.45, 7) is 2.66. The molecule has 0 saturated heterocycles. The van der Waals surface area contributed by atoms with Crippen molar-refractivity contribution in [2.75, 3.05) is 40.0 Å². The third kappa shape index (κ3) is 8.90. The second-order valence-corrected chi connectivity index (χ2v) is 8.22. The van der Waals surface area contributed by atoms with E-state index in [0.717, 1.165) is 13.0 Å². The van der Waals surface area contributed by atoms with Crippen LogP contribution in [0.5, 0.6) is 0 Å². The normalized spacial score (nSPS) is 13.5. The van der Waals surface area contributed by atoms with E-state index in [1.807, 2.05) is 28.1 Å². The fraction of sp³-hybridized carbons (Fsp3) is 0.733. The molecule has 0 heterocycles. The van der Waals surface area contributed by atoms with Gasteiger partial charge in [-0.25, -0.2) is 9.59 Å². The SMILES string of the molecule is CCCC/C(C(=O)O)=C(\CC[P+](=O)CC[N+](C)(C)C)C(=O)O. The van der Waals surface area contributed by atoms with Crippen LogP contribution in [-0.4, -0.2) is 66.6 Å². The first-order valence-electron chi connectivity index (χ1n) is 7.49. The van der Waals surface area contributed by atoms with Crippen LogP contribution in [0.2, 0.25) is 0 Å². The predicted octanol–water partition coefficient (Wildman–Crippen LogP) is 2.57. The lowest BCUT2D eigenvalue weighted by Crippen LogP contribution is -2.36. The van der Waals surface area contributed by atoms with Gasteiger partial charge in [-0.05, 0) is 12.8 Å². The van der Waals surface area contributed by atoms with E-state index in [-0.39, 0.29) is 30.1 Å². The third-order valence-electron chi connectivity index (χ3n) is 3.29. The standard InChI is InChI=1S/C15H26NO5P/c1-5-6-7-12(14(17)18)13(15(19)20)8-10-22(21)11-9-16(2,3)4/h5-11H2,1-4H3/p+2/b13-12-. The number of carbonyl (C=O) groups is 2. The van der Waals surface area contributed by atoms with Crippen LogP contribution < -0.4 is 0 Å². The van der Waals surface area contributed by atoms with Crippen molar-refractivity contribution in [1.82, 2.24) is 0 Å². The first-order valence-corrected chi connectivity index (χ1v) is 9.12. The number of nitrogens with zero attached hydrogens (tertiary/aromatic N) is 1. The Hall–Kier alpha value is -1.26. The van der Waals surface area contributed by atoms with E-state index in [9.17, 15) is 24.4 Å². The zero-order valence-corrected chi connectivity index (χ0v) is 14.9. The highest BCUT2D eigenvalue weighted by molar-refractivity contribution is 7.44. The number of quaternary nitrogens is 1. The van der Waals surface area contributed by atoms with E-state index < -0.39 is 19.7 Å². The van der Waals surface area contributed by atoms with Crippen molar-refractivity contribution in [1.29, 1.82) is 0 Å². The van der Waals surface area contributed by atoms with Crippen LogP contribution in [0.3, 0.4) is 0 Å². The lowest BCUT2D eigenvalue weighted by atomic mass is 10.0. The van der Waals surface area contributed by atoms with Crippen molar-refractivity contribution in [3.05, 3.63) is 11.1 Å². The molecule has 0 aliphatic rings. The maximum Gasteiger partial charge on any atom is 0.344 e. The summed E-state index contributed by atoms with van der Waals surface area (Å²) in [5, 5.41) is 18.4. The summed E-state index contributed by atoms with van der Waals surface area (Å²) in [5.74, 6) is -2.41. The molecule has 0 aliphatic heterocycles. The van der Waals surface area contributed by atoms with Crippen molar-refractivity contribution in [2.45, 2.75) is 32.6 Å². The Kier molecular flexibility index (Phi) is 9.14. The maximum atomic E-state index is 12.0. The second kappa shape index (κ2) is 9.70. The van der Waals surface area contributed by atoms with Crippen molar-refractivity contribution in [3.8, 4) is 0 Å². The van der Waals surface area contributed by atoms with Gasteiger partial charge in [0.2, 0.25) is 0 Å². The first-order chi connectivity index (χ1) is 10.1. The molecule has 22 heavy (non-hydrogen) atoms. The fourth-order valence-electron chi connectivity index (χ4n) is 1.89. The molecule has 0 aromatic carbocycles. The van der Waals surface area contributed by atoms with Crippen molar-refractivity contribution in [3.63, 3.8) is 0 Å². The molecule has 0 fully saturated rings. The van der Waals surface area contributed by atoms with Gasteiger partial charge < -0.3 is 14.7 Å². The zero-order valence-electron chi connectivity index (χ0n) is 14.0. The van der Waals surface area contributed by atoms with Crippen LogP contribution in [0.15, 0.2) is 11.1 Å². The number of carboxylic acids is 2. The summed E-state index contributed by atoms with van der Waals surface area (Å²) >= 11 is 0. The molecule has 0 bridgehead atoms. The highest BCUT2D eigenvalue weighted by Gasteiger charge is 2.25. The molecule has 2 N–H and O–H groups in total. The van der Waals surface area contributed by atoms with Crippen molar-refractivity contribution in [2.24, 2.45) is 0 Å². The molecule has 0 aromatic heterocycles. The Bertz CT molecular complexity index is 451. The van der Waals surface area contributed by atoms with Gasteiger partial charge in [-0.15, -0.1) is 0 Å². The van der Waals surface area contributed by atoms with E-state index in [1.165, 1.54) is 0 Å². The Balaban J connectivity index is 4.86. The number of hydrogen-bond donors (Lipinski definition) is 2. The highest BCUT2D eigenvalue weighted by atomic mass is 31.1. The first kappa shape index (κ1) is 20.7. The minimum Gasteiger partial charge on any atom is -0.478 e. The minimum absolute atomic E-state index is 0.0486. The summed E-state index contributed by atoms with van der Waals surface area (Å²) in [5.41, 5.74) is -0.154. The van der Waals surface area contributed by atoms with Crippen LogP contribution >= 0.6 is 7.80 Å². The largest absolute Gasteiger partial charge is 0.478 e. The van der Waals surface area contributed by atoms with Gasteiger partial charge in [-0.3, -0.25) is 0 Å². The smallest absolute Gasteiger partial charge is 0.344 e.